The summed E-state index contributed by atoms with van der Waals surface area (Å²) in [5.41, 5.74) is 6.53. The molecule has 1 aliphatic heterocycles. The molecule has 1 fully saturated rings. The molecular weight excluding hydrogens is 423 g/mol. The third-order valence-corrected chi connectivity index (χ3v) is 5.85. The molecule has 7 nitrogen and oxygen atoms in total. The second-order valence-electron chi connectivity index (χ2n) is 7.59. The van der Waals surface area contributed by atoms with Crippen LogP contribution in [0.1, 0.15) is 28.8 Å². The minimum absolute atomic E-state index is 0.0654. The predicted molar refractivity (Wildman–Crippen MR) is 113 cm³/mol. The lowest BCUT2D eigenvalue weighted by atomic mass is 9.97. The average Bonchev–Trinajstić information content (AvgIpc) is 3.13. The molecule has 1 atom stereocenters. The monoisotopic (exact) mass is 442 g/mol. The van der Waals surface area contributed by atoms with Gasteiger partial charge < -0.3 is 15.2 Å². The van der Waals surface area contributed by atoms with E-state index in [0.717, 1.165) is 0 Å². The van der Waals surface area contributed by atoms with Crippen molar-refractivity contribution in [3.8, 4) is 0 Å². The van der Waals surface area contributed by atoms with E-state index in [1.165, 1.54) is 30.5 Å². The summed E-state index contributed by atoms with van der Waals surface area (Å²) >= 11 is 6.30. The van der Waals surface area contributed by atoms with E-state index in [1.54, 1.807) is 21.7 Å². The van der Waals surface area contributed by atoms with Crippen LogP contribution >= 0.6 is 11.6 Å². The van der Waals surface area contributed by atoms with Gasteiger partial charge in [0.1, 0.15) is 12.4 Å². The molecule has 1 unspecified atom stereocenters. The summed E-state index contributed by atoms with van der Waals surface area (Å²) in [5.74, 6) is -1.73. The van der Waals surface area contributed by atoms with E-state index in [4.69, 9.17) is 17.3 Å². The van der Waals surface area contributed by atoms with Gasteiger partial charge in [0.15, 0.2) is 10.9 Å². The van der Waals surface area contributed by atoms with Gasteiger partial charge in [-0.2, -0.15) is 0 Å². The molecule has 1 aliphatic rings. The number of benzene rings is 1. The maximum absolute atomic E-state index is 13.2. The fourth-order valence-corrected chi connectivity index (χ4v) is 4.22. The Hall–Kier alpha value is -3.26. The molecule has 0 bridgehead atoms. The molecule has 0 spiro atoms. The molecule has 0 aliphatic carbocycles. The van der Waals surface area contributed by atoms with Crippen LogP contribution in [0.5, 0.6) is 0 Å². The van der Waals surface area contributed by atoms with Crippen LogP contribution in [0.2, 0.25) is 5.15 Å². The number of carbonyl (C=O) groups excluding carboxylic acids is 3. The van der Waals surface area contributed by atoms with E-state index >= 15 is 0 Å². The van der Waals surface area contributed by atoms with Gasteiger partial charge in [-0.1, -0.05) is 11.6 Å². The minimum atomic E-state index is -0.437. The standard InChI is InChI=1S/C22H20ClFN4O3/c23-21-19-16(7-8-26-21)17(20(30)13-3-5-15(24)6-4-13)11-28(19)12-18(29)27-9-1-2-14(10-27)22(25)31/h3-8,11,14H,1-2,9-10,12H2,(H2,25,31). The second kappa shape index (κ2) is 8.47. The molecule has 0 radical (unpaired) electrons. The van der Waals surface area contributed by atoms with Gasteiger partial charge in [-0.3, -0.25) is 14.4 Å². The van der Waals surface area contributed by atoms with Crippen molar-refractivity contribution in [2.24, 2.45) is 11.7 Å². The van der Waals surface area contributed by atoms with Crippen LogP contribution in [0.15, 0.2) is 42.7 Å². The molecule has 0 saturated carbocycles. The summed E-state index contributed by atoms with van der Waals surface area (Å²) in [5, 5.41) is 0.716. The van der Waals surface area contributed by atoms with Crippen LogP contribution in [0, 0.1) is 11.7 Å². The van der Waals surface area contributed by atoms with Gasteiger partial charge in [0.05, 0.1) is 11.4 Å². The average molecular weight is 443 g/mol. The third-order valence-electron chi connectivity index (χ3n) is 5.58. The molecule has 9 heteroatoms. The number of primary amides is 1. The topological polar surface area (TPSA) is 98.3 Å². The first kappa shape index (κ1) is 21.0. The highest BCUT2D eigenvalue weighted by Crippen LogP contribution is 2.29. The summed E-state index contributed by atoms with van der Waals surface area (Å²) in [6.07, 6.45) is 4.41. The van der Waals surface area contributed by atoms with Gasteiger partial charge in [-0.15, -0.1) is 0 Å². The number of likely N-dealkylation sites (tertiary alicyclic amines) is 1. The number of hydrogen-bond acceptors (Lipinski definition) is 4. The molecule has 31 heavy (non-hydrogen) atoms. The van der Waals surface area contributed by atoms with Crippen LogP contribution in [0.25, 0.3) is 10.9 Å². The molecule has 3 heterocycles. The number of halogens is 2. The molecule has 2 aromatic heterocycles. The molecule has 1 saturated heterocycles. The van der Waals surface area contributed by atoms with Crippen LogP contribution in [-0.2, 0) is 16.1 Å². The van der Waals surface area contributed by atoms with Crippen molar-refractivity contribution in [1.29, 1.82) is 0 Å². The quantitative estimate of drug-likeness (QED) is 0.485. The second-order valence-corrected chi connectivity index (χ2v) is 7.94. The number of nitrogens with two attached hydrogens (primary N) is 1. The molecule has 2 amide bonds. The Morgan fingerprint density at radius 3 is 2.65 bits per heavy atom. The van der Waals surface area contributed by atoms with Crippen molar-refractivity contribution in [3.63, 3.8) is 0 Å². The van der Waals surface area contributed by atoms with Crippen molar-refractivity contribution < 1.29 is 18.8 Å². The Bertz CT molecular complexity index is 1180. The fourth-order valence-electron chi connectivity index (χ4n) is 3.95. The van der Waals surface area contributed by atoms with E-state index in [9.17, 15) is 18.8 Å². The first-order chi connectivity index (χ1) is 14.8. The Morgan fingerprint density at radius 1 is 1.19 bits per heavy atom. The summed E-state index contributed by atoms with van der Waals surface area (Å²) in [6, 6.07) is 6.91. The Kier molecular flexibility index (Phi) is 5.73. The van der Waals surface area contributed by atoms with Crippen molar-refractivity contribution in [2.75, 3.05) is 13.1 Å². The van der Waals surface area contributed by atoms with Gasteiger partial charge in [0.2, 0.25) is 11.8 Å². The van der Waals surface area contributed by atoms with E-state index in [1.807, 2.05) is 0 Å². The molecule has 2 N–H and O–H groups in total. The van der Waals surface area contributed by atoms with Crippen molar-refractivity contribution >= 4 is 40.1 Å². The molecule has 4 rings (SSSR count). The Morgan fingerprint density at radius 2 is 1.94 bits per heavy atom. The molecule has 1 aromatic carbocycles. The fraction of sp³-hybridized carbons (Fsp3) is 0.273. The Labute approximate surface area is 182 Å². The van der Waals surface area contributed by atoms with Gasteiger partial charge in [-0.25, -0.2) is 9.37 Å². The summed E-state index contributed by atoms with van der Waals surface area (Å²) in [6.45, 7) is 0.750. The molecular formula is C22H20ClFN4O3. The summed E-state index contributed by atoms with van der Waals surface area (Å²) in [4.78, 5) is 43.2. The Balaban J connectivity index is 1.67. The summed E-state index contributed by atoms with van der Waals surface area (Å²) in [7, 11) is 0. The number of piperidine rings is 1. The zero-order chi connectivity index (χ0) is 22.1. The predicted octanol–water partition coefficient (Wildman–Crippen LogP) is 2.78. The number of amides is 2. The van der Waals surface area contributed by atoms with Crippen molar-refractivity contribution in [2.45, 2.75) is 19.4 Å². The van der Waals surface area contributed by atoms with Gasteiger partial charge in [0.25, 0.3) is 0 Å². The van der Waals surface area contributed by atoms with Gasteiger partial charge >= 0.3 is 0 Å². The van der Waals surface area contributed by atoms with E-state index in [-0.39, 0.29) is 35.9 Å². The van der Waals surface area contributed by atoms with E-state index in [0.29, 0.717) is 41.4 Å². The first-order valence-electron chi connectivity index (χ1n) is 9.86. The van der Waals surface area contributed by atoms with Crippen molar-refractivity contribution in [1.82, 2.24) is 14.5 Å². The maximum atomic E-state index is 13.2. The largest absolute Gasteiger partial charge is 0.369 e. The zero-order valence-electron chi connectivity index (χ0n) is 16.6. The number of ketones is 1. The number of hydrogen-bond donors (Lipinski definition) is 1. The highest BCUT2D eigenvalue weighted by Gasteiger charge is 2.28. The highest BCUT2D eigenvalue weighted by atomic mass is 35.5. The number of rotatable bonds is 5. The van der Waals surface area contributed by atoms with Gasteiger partial charge in [0, 0.05) is 42.0 Å². The maximum Gasteiger partial charge on any atom is 0.242 e. The summed E-state index contributed by atoms with van der Waals surface area (Å²) < 4.78 is 14.8. The SMILES string of the molecule is NC(=O)C1CCCN(C(=O)Cn2cc(C(=O)c3ccc(F)cc3)c3ccnc(Cl)c32)C1. The molecule has 160 valence electrons. The number of fused-ring (bicyclic) bond motifs is 1. The number of nitrogens with zero attached hydrogens (tertiary/aromatic N) is 3. The highest BCUT2D eigenvalue weighted by molar-refractivity contribution is 6.34. The zero-order valence-corrected chi connectivity index (χ0v) is 17.3. The number of pyridine rings is 1. The van der Waals surface area contributed by atoms with E-state index in [2.05, 4.69) is 4.98 Å². The lowest BCUT2D eigenvalue weighted by molar-refractivity contribution is -0.135. The van der Waals surface area contributed by atoms with E-state index < -0.39 is 11.7 Å². The number of carbonyl (C=O) groups is 3. The van der Waals surface area contributed by atoms with Gasteiger partial charge in [-0.05, 0) is 43.2 Å². The molecule has 3 aromatic rings. The van der Waals surface area contributed by atoms with Crippen LogP contribution in [0.4, 0.5) is 4.39 Å². The van der Waals surface area contributed by atoms with Crippen molar-refractivity contribution in [3.05, 3.63) is 64.8 Å². The third kappa shape index (κ3) is 4.16. The normalized spacial score (nSPS) is 16.5. The number of aromatic nitrogens is 2. The first-order valence-corrected chi connectivity index (χ1v) is 10.2. The minimum Gasteiger partial charge on any atom is -0.369 e. The smallest absolute Gasteiger partial charge is 0.242 e. The lowest BCUT2D eigenvalue weighted by Gasteiger charge is -2.31. The van der Waals surface area contributed by atoms with Crippen LogP contribution < -0.4 is 5.73 Å². The van der Waals surface area contributed by atoms with Crippen LogP contribution in [-0.4, -0.2) is 45.1 Å². The lowest BCUT2D eigenvalue weighted by Crippen LogP contribution is -2.45. The van der Waals surface area contributed by atoms with Crippen LogP contribution in [0.3, 0.4) is 0 Å².